The van der Waals surface area contributed by atoms with Crippen LogP contribution in [0, 0.1) is 0 Å². The first-order valence-corrected chi connectivity index (χ1v) is 8.82. The molecular weight excluding hydrogens is 306 g/mol. The van der Waals surface area contributed by atoms with Crippen molar-refractivity contribution in [2.24, 2.45) is 0 Å². The molecule has 0 aliphatic heterocycles. The Bertz CT molecular complexity index is 925. The van der Waals surface area contributed by atoms with Gasteiger partial charge >= 0.3 is 0 Å². The molecule has 0 saturated heterocycles. The maximum absolute atomic E-state index is 12.6. The van der Waals surface area contributed by atoms with E-state index >= 15 is 0 Å². The van der Waals surface area contributed by atoms with Crippen LogP contribution in [0.15, 0.2) is 66.7 Å². The monoisotopic (exact) mass is 327 g/mol. The van der Waals surface area contributed by atoms with Crippen LogP contribution in [0.4, 0.5) is 5.69 Å². The summed E-state index contributed by atoms with van der Waals surface area (Å²) >= 11 is 0. The van der Waals surface area contributed by atoms with Gasteiger partial charge in [0.05, 0.1) is 6.54 Å². The van der Waals surface area contributed by atoms with E-state index in [1.54, 1.807) is 0 Å². The average Bonchev–Trinajstić information content (AvgIpc) is 3.04. The van der Waals surface area contributed by atoms with Gasteiger partial charge < -0.3 is 5.32 Å². The van der Waals surface area contributed by atoms with Gasteiger partial charge in [-0.05, 0) is 58.9 Å². The Morgan fingerprint density at radius 3 is 2.48 bits per heavy atom. The average molecular weight is 327 g/mol. The molecule has 3 aromatic carbocycles. The highest BCUT2D eigenvalue weighted by Gasteiger charge is 2.19. The smallest absolute Gasteiger partial charge is 0.181 e. The van der Waals surface area contributed by atoms with Crippen LogP contribution in [0.5, 0.6) is 0 Å². The molecule has 0 aromatic heterocycles. The minimum atomic E-state index is 0.123. The number of carbonyl (C=O) groups is 1. The Morgan fingerprint density at radius 1 is 0.920 bits per heavy atom. The minimum Gasteiger partial charge on any atom is -0.378 e. The molecule has 0 unspecified atom stereocenters. The fourth-order valence-corrected chi connectivity index (χ4v) is 3.46. The van der Waals surface area contributed by atoms with Crippen LogP contribution in [0.25, 0.3) is 11.1 Å². The Labute approximate surface area is 148 Å². The van der Waals surface area contributed by atoms with Crippen molar-refractivity contribution in [3.63, 3.8) is 0 Å². The second-order valence-electron chi connectivity index (χ2n) is 6.53. The molecule has 1 aliphatic rings. The van der Waals surface area contributed by atoms with Crippen LogP contribution in [-0.2, 0) is 12.8 Å². The molecule has 1 aliphatic carbocycles. The molecule has 1 N–H and O–H groups in total. The molecular formula is C23H21NO. The zero-order valence-electron chi connectivity index (χ0n) is 14.4. The van der Waals surface area contributed by atoms with E-state index in [1.807, 2.05) is 18.2 Å². The summed E-state index contributed by atoms with van der Waals surface area (Å²) in [6.07, 6.45) is 1.94. The van der Waals surface area contributed by atoms with Gasteiger partial charge in [0, 0.05) is 11.3 Å². The van der Waals surface area contributed by atoms with Gasteiger partial charge in [0.2, 0.25) is 0 Å². The number of carbonyl (C=O) groups excluding carboxylic acids is 1. The van der Waals surface area contributed by atoms with E-state index in [4.69, 9.17) is 0 Å². The summed E-state index contributed by atoms with van der Waals surface area (Å²) in [5, 5.41) is 3.23. The standard InChI is InChI=1S/C23H21NO/c1-2-16-7-10-20(11-8-16)24-15-23(25)18-9-12-22-19(14-18)13-17-5-3-4-6-21(17)22/h3-12,14,24H,2,13,15H2,1H3. The van der Waals surface area contributed by atoms with Gasteiger partial charge in [0.1, 0.15) is 0 Å². The SMILES string of the molecule is CCc1ccc(NCC(=O)c2ccc3c(c2)Cc2ccccc2-3)cc1. The highest BCUT2D eigenvalue weighted by atomic mass is 16.1. The topological polar surface area (TPSA) is 29.1 Å². The minimum absolute atomic E-state index is 0.123. The van der Waals surface area contributed by atoms with Gasteiger partial charge in [-0.15, -0.1) is 0 Å². The Hall–Kier alpha value is -2.87. The normalized spacial score (nSPS) is 11.7. The predicted octanol–water partition coefficient (Wildman–Crippen LogP) is 5.12. The van der Waals surface area contributed by atoms with E-state index in [9.17, 15) is 4.79 Å². The Kier molecular flexibility index (Phi) is 4.10. The number of aryl methyl sites for hydroxylation is 1. The maximum Gasteiger partial charge on any atom is 0.181 e. The first-order valence-electron chi connectivity index (χ1n) is 8.82. The molecule has 124 valence electrons. The summed E-state index contributed by atoms with van der Waals surface area (Å²) in [5.74, 6) is 0.123. The van der Waals surface area contributed by atoms with Crippen molar-refractivity contribution in [2.45, 2.75) is 19.8 Å². The third kappa shape index (κ3) is 3.08. The molecule has 0 fully saturated rings. The quantitative estimate of drug-likeness (QED) is 0.516. The molecule has 0 saturated carbocycles. The van der Waals surface area contributed by atoms with Gasteiger partial charge in [-0.1, -0.05) is 55.5 Å². The van der Waals surface area contributed by atoms with Gasteiger partial charge in [0.15, 0.2) is 5.78 Å². The van der Waals surface area contributed by atoms with Crippen molar-refractivity contribution in [1.29, 1.82) is 0 Å². The first-order chi connectivity index (χ1) is 12.2. The molecule has 0 spiro atoms. The van der Waals surface area contributed by atoms with Gasteiger partial charge in [0.25, 0.3) is 0 Å². The number of ketones is 1. The number of rotatable bonds is 5. The predicted molar refractivity (Wildman–Crippen MR) is 103 cm³/mol. The fraction of sp³-hybridized carbons (Fsp3) is 0.174. The van der Waals surface area contributed by atoms with E-state index in [2.05, 4.69) is 60.8 Å². The lowest BCUT2D eigenvalue weighted by molar-refractivity contribution is 0.101. The Morgan fingerprint density at radius 2 is 1.68 bits per heavy atom. The highest BCUT2D eigenvalue weighted by molar-refractivity contribution is 6.00. The second-order valence-corrected chi connectivity index (χ2v) is 6.53. The van der Waals surface area contributed by atoms with Crippen LogP contribution in [-0.4, -0.2) is 12.3 Å². The summed E-state index contributed by atoms with van der Waals surface area (Å²) in [6, 6.07) is 22.8. The van der Waals surface area contributed by atoms with Crippen LogP contribution >= 0.6 is 0 Å². The summed E-state index contributed by atoms with van der Waals surface area (Å²) in [5.41, 5.74) is 8.22. The van der Waals surface area contributed by atoms with Crippen molar-refractivity contribution < 1.29 is 4.79 Å². The lowest BCUT2D eigenvalue weighted by atomic mass is 10.0. The molecule has 2 heteroatoms. The molecule has 2 nitrogen and oxygen atoms in total. The number of nitrogens with one attached hydrogen (secondary N) is 1. The Balaban J connectivity index is 1.47. The van der Waals surface area contributed by atoms with Crippen LogP contribution in [0.2, 0.25) is 0 Å². The number of hydrogen-bond donors (Lipinski definition) is 1. The molecule has 3 aromatic rings. The number of Topliss-reactive ketones (excluding diaryl/α,β-unsaturated/α-hetero) is 1. The number of hydrogen-bond acceptors (Lipinski definition) is 2. The summed E-state index contributed by atoms with van der Waals surface area (Å²) in [4.78, 5) is 12.6. The van der Waals surface area contributed by atoms with E-state index in [1.165, 1.54) is 27.8 Å². The zero-order chi connectivity index (χ0) is 17.2. The number of benzene rings is 3. The fourth-order valence-electron chi connectivity index (χ4n) is 3.46. The summed E-state index contributed by atoms with van der Waals surface area (Å²) in [7, 11) is 0. The zero-order valence-corrected chi connectivity index (χ0v) is 14.4. The second kappa shape index (κ2) is 6.56. The number of anilines is 1. The number of fused-ring (bicyclic) bond motifs is 3. The third-order valence-corrected chi connectivity index (χ3v) is 4.93. The molecule has 25 heavy (non-hydrogen) atoms. The van der Waals surface area contributed by atoms with Crippen molar-refractivity contribution in [3.05, 3.63) is 89.0 Å². The van der Waals surface area contributed by atoms with Gasteiger partial charge in [-0.2, -0.15) is 0 Å². The van der Waals surface area contributed by atoms with Crippen molar-refractivity contribution in [3.8, 4) is 11.1 Å². The maximum atomic E-state index is 12.6. The molecule has 0 radical (unpaired) electrons. The third-order valence-electron chi connectivity index (χ3n) is 4.93. The van der Waals surface area contributed by atoms with Gasteiger partial charge in [-0.25, -0.2) is 0 Å². The first kappa shape index (κ1) is 15.6. The highest BCUT2D eigenvalue weighted by Crippen LogP contribution is 2.36. The summed E-state index contributed by atoms with van der Waals surface area (Å²) in [6.45, 7) is 2.45. The van der Waals surface area contributed by atoms with Crippen molar-refractivity contribution in [1.82, 2.24) is 0 Å². The molecule has 0 heterocycles. The van der Waals surface area contributed by atoms with Crippen LogP contribution in [0.1, 0.15) is 34.0 Å². The van der Waals surface area contributed by atoms with E-state index in [-0.39, 0.29) is 5.78 Å². The lowest BCUT2D eigenvalue weighted by Gasteiger charge is -2.08. The van der Waals surface area contributed by atoms with Crippen LogP contribution in [0.3, 0.4) is 0 Å². The van der Waals surface area contributed by atoms with Gasteiger partial charge in [-0.3, -0.25) is 4.79 Å². The molecule has 0 amide bonds. The van der Waals surface area contributed by atoms with Crippen molar-refractivity contribution >= 4 is 11.5 Å². The molecule has 0 atom stereocenters. The largest absolute Gasteiger partial charge is 0.378 e. The van der Waals surface area contributed by atoms with E-state index < -0.39 is 0 Å². The van der Waals surface area contributed by atoms with Crippen molar-refractivity contribution in [2.75, 3.05) is 11.9 Å². The van der Waals surface area contributed by atoms with E-state index in [0.717, 1.165) is 24.1 Å². The summed E-state index contributed by atoms with van der Waals surface area (Å²) < 4.78 is 0. The molecule has 4 rings (SSSR count). The molecule has 0 bridgehead atoms. The van der Waals surface area contributed by atoms with Crippen LogP contribution < -0.4 is 5.32 Å². The van der Waals surface area contributed by atoms with E-state index in [0.29, 0.717) is 6.54 Å². The lowest BCUT2D eigenvalue weighted by Crippen LogP contribution is -2.14.